The van der Waals surface area contributed by atoms with Gasteiger partial charge in [0.05, 0.1) is 0 Å². The normalized spacial score (nSPS) is 13.4. The summed E-state index contributed by atoms with van der Waals surface area (Å²) < 4.78 is 0. The third-order valence-electron chi connectivity index (χ3n) is 2.85. The van der Waals surface area contributed by atoms with Crippen molar-refractivity contribution in [2.24, 2.45) is 5.92 Å². The molecular weight excluding hydrogens is 448 g/mol. The molecule has 1 aliphatic carbocycles. The fraction of sp³-hybridized carbons (Fsp3) is 0.467. The first-order chi connectivity index (χ1) is 7.76. The molecule has 3 heteroatoms. The molecule has 0 radical (unpaired) electrons. The minimum atomic E-state index is 0. The second-order valence-corrected chi connectivity index (χ2v) is 4.19. The second kappa shape index (κ2) is 11.8. The van der Waals surface area contributed by atoms with Crippen molar-refractivity contribution < 1.29 is 35.9 Å². The standard InChI is InChI=1S/C8H10N.C6H10O.CH3.U/c1-7-3-5-8(9-2)6-4-7;7-5-6-3-1-2-4-6;;/h3,5-6,9H,1-2H3;5-6H,1-4H2;1H3;/q-1;;-1;+2. The molecule has 0 spiro atoms. The number of aldehydes is 1. The summed E-state index contributed by atoms with van der Waals surface area (Å²) in [6.07, 6.45) is 5.91. The van der Waals surface area contributed by atoms with Gasteiger partial charge in [0.2, 0.25) is 0 Å². The Morgan fingerprint density at radius 3 is 2.28 bits per heavy atom. The zero-order valence-electron chi connectivity index (χ0n) is 11.6. The van der Waals surface area contributed by atoms with Crippen LogP contribution in [0.3, 0.4) is 0 Å². The Balaban J connectivity index is 0. The van der Waals surface area contributed by atoms with Crippen LogP contribution in [0.5, 0.6) is 0 Å². The number of hydrogen-bond donors (Lipinski definition) is 1. The summed E-state index contributed by atoms with van der Waals surface area (Å²) in [5, 5.41) is 3.02. The van der Waals surface area contributed by atoms with Crippen LogP contribution in [0.1, 0.15) is 31.2 Å². The Labute approximate surface area is 135 Å². The van der Waals surface area contributed by atoms with Gasteiger partial charge in [-0.2, -0.15) is 23.8 Å². The predicted molar refractivity (Wildman–Crippen MR) is 74.0 cm³/mol. The summed E-state index contributed by atoms with van der Waals surface area (Å²) in [6, 6.07) is 9.10. The molecule has 0 atom stereocenters. The molecule has 1 aromatic carbocycles. The molecule has 1 aliphatic rings. The molecular formula is C15H23NOU. The van der Waals surface area contributed by atoms with Crippen molar-refractivity contribution >= 4 is 12.0 Å². The van der Waals surface area contributed by atoms with E-state index >= 15 is 0 Å². The molecule has 0 unspecified atom stereocenters. The Morgan fingerprint density at radius 1 is 1.33 bits per heavy atom. The first-order valence-corrected chi connectivity index (χ1v) is 5.87. The molecule has 18 heavy (non-hydrogen) atoms. The molecule has 0 amide bonds. The van der Waals surface area contributed by atoms with Crippen LogP contribution in [0.25, 0.3) is 0 Å². The van der Waals surface area contributed by atoms with Gasteiger partial charge in [0, 0.05) is 5.92 Å². The Morgan fingerprint density at radius 2 is 1.94 bits per heavy atom. The van der Waals surface area contributed by atoms with Crippen molar-refractivity contribution in [1.29, 1.82) is 0 Å². The Bertz CT molecular complexity index is 305. The minimum Gasteiger partial charge on any atom is -0.439 e. The summed E-state index contributed by atoms with van der Waals surface area (Å²) in [5.41, 5.74) is 2.29. The van der Waals surface area contributed by atoms with E-state index in [-0.39, 0.29) is 38.5 Å². The molecule has 2 nitrogen and oxygen atoms in total. The minimum absolute atomic E-state index is 0. The van der Waals surface area contributed by atoms with Crippen LogP contribution in [-0.4, -0.2) is 13.3 Å². The van der Waals surface area contributed by atoms with Crippen molar-refractivity contribution in [3.8, 4) is 0 Å². The molecule has 0 aromatic heterocycles. The fourth-order valence-corrected chi connectivity index (χ4v) is 1.75. The third-order valence-corrected chi connectivity index (χ3v) is 2.85. The average molecular weight is 471 g/mol. The number of benzene rings is 1. The smallest absolute Gasteiger partial charge is 0.439 e. The number of hydrogen-bond acceptors (Lipinski definition) is 2. The van der Waals surface area contributed by atoms with Gasteiger partial charge in [0.1, 0.15) is 6.29 Å². The molecule has 1 N–H and O–H groups in total. The number of rotatable bonds is 2. The summed E-state index contributed by atoms with van der Waals surface area (Å²) in [4.78, 5) is 10.0. The largest absolute Gasteiger partial charge is 2.00 e. The van der Waals surface area contributed by atoms with Crippen molar-refractivity contribution in [1.82, 2.24) is 0 Å². The Hall–Kier alpha value is -0.258. The van der Waals surface area contributed by atoms with E-state index < -0.39 is 0 Å². The van der Waals surface area contributed by atoms with Gasteiger partial charge in [-0.05, 0) is 19.9 Å². The van der Waals surface area contributed by atoms with E-state index in [0.717, 1.165) is 24.8 Å². The molecule has 1 saturated carbocycles. The molecule has 1 aromatic rings. The number of carbonyl (C=O) groups excluding carboxylic acids is 1. The predicted octanol–water partition coefficient (Wildman–Crippen LogP) is 3.66. The van der Waals surface area contributed by atoms with E-state index in [1.807, 2.05) is 32.2 Å². The van der Waals surface area contributed by atoms with Crippen LogP contribution in [0.2, 0.25) is 0 Å². The van der Waals surface area contributed by atoms with Gasteiger partial charge in [-0.25, -0.2) is 0 Å². The summed E-state index contributed by atoms with van der Waals surface area (Å²) in [7, 11) is 1.90. The molecule has 98 valence electrons. The maximum atomic E-state index is 10.0. The van der Waals surface area contributed by atoms with Crippen molar-refractivity contribution in [3.05, 3.63) is 37.3 Å². The van der Waals surface area contributed by atoms with E-state index in [1.165, 1.54) is 18.4 Å². The quantitative estimate of drug-likeness (QED) is 0.527. The number of nitrogens with one attached hydrogen (secondary N) is 1. The molecule has 2 rings (SSSR count). The third kappa shape index (κ3) is 7.95. The van der Waals surface area contributed by atoms with E-state index in [4.69, 9.17) is 0 Å². The maximum Gasteiger partial charge on any atom is 2.00 e. The van der Waals surface area contributed by atoms with Crippen molar-refractivity contribution in [2.75, 3.05) is 12.4 Å². The van der Waals surface area contributed by atoms with Crippen molar-refractivity contribution in [2.45, 2.75) is 32.6 Å². The fourth-order valence-electron chi connectivity index (χ4n) is 1.75. The van der Waals surface area contributed by atoms with Crippen LogP contribution >= 0.6 is 0 Å². The summed E-state index contributed by atoms with van der Waals surface area (Å²) >= 11 is 0. The van der Waals surface area contributed by atoms with E-state index in [0.29, 0.717) is 5.92 Å². The van der Waals surface area contributed by atoms with Gasteiger partial charge in [-0.3, -0.25) is 0 Å². The van der Waals surface area contributed by atoms with Crippen LogP contribution in [0.15, 0.2) is 18.2 Å². The van der Waals surface area contributed by atoms with Crippen LogP contribution in [0, 0.1) is 57.4 Å². The van der Waals surface area contributed by atoms with Gasteiger partial charge >= 0.3 is 31.1 Å². The van der Waals surface area contributed by atoms with Crippen LogP contribution in [0.4, 0.5) is 5.69 Å². The molecule has 0 aliphatic heterocycles. The van der Waals surface area contributed by atoms with E-state index in [1.54, 1.807) is 0 Å². The molecule has 0 bridgehead atoms. The van der Waals surface area contributed by atoms with Gasteiger partial charge in [-0.15, -0.1) is 6.07 Å². The zero-order valence-corrected chi connectivity index (χ0v) is 15.8. The Kier molecular flexibility index (Phi) is 13.2. The van der Waals surface area contributed by atoms with Gasteiger partial charge < -0.3 is 17.5 Å². The average Bonchev–Trinajstić information content (AvgIpc) is 2.84. The first-order valence-electron chi connectivity index (χ1n) is 5.87. The van der Waals surface area contributed by atoms with Gasteiger partial charge in [-0.1, -0.05) is 25.5 Å². The van der Waals surface area contributed by atoms with Crippen molar-refractivity contribution in [3.63, 3.8) is 0 Å². The second-order valence-electron chi connectivity index (χ2n) is 4.19. The van der Waals surface area contributed by atoms with Gasteiger partial charge in [0.15, 0.2) is 0 Å². The zero-order chi connectivity index (χ0) is 11.8. The number of carbonyl (C=O) groups is 1. The molecule has 0 saturated heterocycles. The SMILES string of the molecule is CNc1c[c-]c(C)cc1.O=CC1CCCC1.[CH3-].[U+2]. The summed E-state index contributed by atoms with van der Waals surface area (Å²) in [6.45, 7) is 2.03. The molecule has 1 fully saturated rings. The topological polar surface area (TPSA) is 29.1 Å². The summed E-state index contributed by atoms with van der Waals surface area (Å²) in [5.74, 6) is 0.417. The van der Waals surface area contributed by atoms with Crippen LogP contribution in [-0.2, 0) is 4.79 Å². The maximum absolute atomic E-state index is 10.0. The van der Waals surface area contributed by atoms with E-state index in [9.17, 15) is 4.79 Å². The number of aryl methyl sites for hydroxylation is 1. The van der Waals surface area contributed by atoms with Crippen LogP contribution < -0.4 is 5.32 Å². The van der Waals surface area contributed by atoms with E-state index in [2.05, 4.69) is 11.4 Å². The monoisotopic (exact) mass is 471 g/mol. The van der Waals surface area contributed by atoms with Gasteiger partial charge in [0.25, 0.3) is 0 Å². The number of anilines is 1. The first kappa shape index (κ1) is 20.1. The molecule has 0 heterocycles.